The molecule has 0 atom stereocenters. The van der Waals surface area contributed by atoms with Crippen LogP contribution in [0.1, 0.15) is 26.0 Å². The van der Waals surface area contributed by atoms with Crippen LogP contribution in [-0.2, 0) is 16.0 Å². The Morgan fingerprint density at radius 3 is 2.91 bits per heavy atom. The highest BCUT2D eigenvalue weighted by molar-refractivity contribution is 5.77. The van der Waals surface area contributed by atoms with Gasteiger partial charge in [-0.25, -0.2) is 4.98 Å². The quantitative estimate of drug-likeness (QED) is 0.931. The molecular formula is C16H19N3O3. The predicted octanol–water partition coefficient (Wildman–Crippen LogP) is 1.45. The van der Waals surface area contributed by atoms with Gasteiger partial charge in [0, 0.05) is 12.8 Å². The molecule has 2 heterocycles. The summed E-state index contributed by atoms with van der Waals surface area (Å²) in [5, 5.41) is 0. The van der Waals surface area contributed by atoms with Gasteiger partial charge in [0.2, 0.25) is 5.91 Å². The average molecular weight is 301 g/mol. The SMILES string of the molecule is CC1(C)COCN1C(=O)CCc1nc2ccccc2[nH]c1=O. The molecule has 0 aliphatic carbocycles. The summed E-state index contributed by atoms with van der Waals surface area (Å²) in [6, 6.07) is 7.36. The van der Waals surface area contributed by atoms with E-state index in [0.717, 1.165) is 5.52 Å². The van der Waals surface area contributed by atoms with E-state index in [2.05, 4.69) is 9.97 Å². The number of rotatable bonds is 3. The maximum atomic E-state index is 12.3. The van der Waals surface area contributed by atoms with Crippen molar-refractivity contribution in [2.45, 2.75) is 32.2 Å². The lowest BCUT2D eigenvalue weighted by Crippen LogP contribution is -2.44. The van der Waals surface area contributed by atoms with Gasteiger partial charge in [-0.3, -0.25) is 9.59 Å². The Labute approximate surface area is 128 Å². The third-order valence-corrected chi connectivity index (χ3v) is 3.95. The van der Waals surface area contributed by atoms with E-state index in [1.165, 1.54) is 0 Å². The molecule has 1 amide bonds. The fraction of sp³-hybridized carbons (Fsp3) is 0.438. The lowest BCUT2D eigenvalue weighted by atomic mass is 10.1. The first-order chi connectivity index (χ1) is 10.5. The van der Waals surface area contributed by atoms with Crippen molar-refractivity contribution in [2.24, 2.45) is 0 Å². The van der Waals surface area contributed by atoms with Gasteiger partial charge >= 0.3 is 0 Å². The van der Waals surface area contributed by atoms with Crippen LogP contribution in [0.4, 0.5) is 0 Å². The van der Waals surface area contributed by atoms with Crippen molar-refractivity contribution in [1.29, 1.82) is 0 Å². The Morgan fingerprint density at radius 1 is 1.41 bits per heavy atom. The highest BCUT2D eigenvalue weighted by Crippen LogP contribution is 2.22. The number of carbonyl (C=O) groups excluding carboxylic acids is 1. The number of carbonyl (C=O) groups is 1. The normalized spacial score (nSPS) is 17.1. The van der Waals surface area contributed by atoms with Crippen LogP contribution in [0, 0.1) is 0 Å². The summed E-state index contributed by atoms with van der Waals surface area (Å²) in [6.45, 7) is 4.79. The molecule has 1 aromatic heterocycles. The first-order valence-electron chi connectivity index (χ1n) is 7.33. The number of H-pyrrole nitrogens is 1. The van der Waals surface area contributed by atoms with Crippen LogP contribution >= 0.6 is 0 Å². The second-order valence-corrected chi connectivity index (χ2v) is 6.14. The Balaban J connectivity index is 1.75. The van der Waals surface area contributed by atoms with E-state index in [4.69, 9.17) is 4.74 Å². The fourth-order valence-corrected chi connectivity index (χ4v) is 2.65. The van der Waals surface area contributed by atoms with Crippen molar-refractivity contribution in [3.8, 4) is 0 Å². The number of para-hydroxylation sites is 2. The van der Waals surface area contributed by atoms with Gasteiger partial charge in [-0.2, -0.15) is 0 Å². The molecule has 1 aliphatic rings. The number of ether oxygens (including phenoxy) is 1. The number of benzene rings is 1. The Bertz CT molecular complexity index is 767. The lowest BCUT2D eigenvalue weighted by Gasteiger charge is -2.29. The summed E-state index contributed by atoms with van der Waals surface area (Å²) in [5.41, 5.74) is 1.31. The molecule has 6 heteroatoms. The molecule has 116 valence electrons. The average Bonchev–Trinajstić information content (AvgIpc) is 2.84. The third-order valence-electron chi connectivity index (χ3n) is 3.95. The van der Waals surface area contributed by atoms with Crippen molar-refractivity contribution in [3.05, 3.63) is 40.3 Å². The number of aryl methyl sites for hydroxylation is 1. The van der Waals surface area contributed by atoms with E-state index in [1.807, 2.05) is 38.1 Å². The molecule has 22 heavy (non-hydrogen) atoms. The van der Waals surface area contributed by atoms with E-state index in [-0.39, 0.29) is 23.4 Å². The van der Waals surface area contributed by atoms with Gasteiger partial charge in [-0.15, -0.1) is 0 Å². The summed E-state index contributed by atoms with van der Waals surface area (Å²) < 4.78 is 5.35. The van der Waals surface area contributed by atoms with Crippen molar-refractivity contribution >= 4 is 16.9 Å². The van der Waals surface area contributed by atoms with Crippen LogP contribution in [0.2, 0.25) is 0 Å². The minimum Gasteiger partial charge on any atom is -0.359 e. The Morgan fingerprint density at radius 2 is 2.18 bits per heavy atom. The van der Waals surface area contributed by atoms with Gasteiger partial charge in [0.15, 0.2) is 0 Å². The molecule has 6 nitrogen and oxygen atoms in total. The van der Waals surface area contributed by atoms with Crippen molar-refractivity contribution in [2.75, 3.05) is 13.3 Å². The van der Waals surface area contributed by atoms with Crippen molar-refractivity contribution in [1.82, 2.24) is 14.9 Å². The molecule has 2 aromatic rings. The summed E-state index contributed by atoms with van der Waals surface area (Å²) in [6.07, 6.45) is 0.576. The Hall–Kier alpha value is -2.21. The fourth-order valence-electron chi connectivity index (χ4n) is 2.65. The number of aromatic nitrogens is 2. The highest BCUT2D eigenvalue weighted by atomic mass is 16.5. The second kappa shape index (κ2) is 5.53. The zero-order chi connectivity index (χ0) is 15.7. The predicted molar refractivity (Wildman–Crippen MR) is 82.4 cm³/mol. The maximum absolute atomic E-state index is 12.3. The minimum absolute atomic E-state index is 0.0168. The number of amides is 1. The maximum Gasteiger partial charge on any atom is 0.270 e. The van der Waals surface area contributed by atoms with Crippen molar-refractivity contribution in [3.63, 3.8) is 0 Å². The van der Waals surface area contributed by atoms with E-state index in [0.29, 0.717) is 31.0 Å². The largest absolute Gasteiger partial charge is 0.359 e. The summed E-state index contributed by atoms with van der Waals surface area (Å²) in [4.78, 5) is 33.2. The van der Waals surface area contributed by atoms with Gasteiger partial charge < -0.3 is 14.6 Å². The molecule has 1 N–H and O–H groups in total. The van der Waals surface area contributed by atoms with Gasteiger partial charge in [0.25, 0.3) is 5.56 Å². The third kappa shape index (κ3) is 2.74. The molecule has 1 aromatic carbocycles. The minimum atomic E-state index is -0.291. The Kier molecular flexibility index (Phi) is 3.70. The number of nitrogens with zero attached hydrogens (tertiary/aromatic N) is 2. The number of hydrogen-bond donors (Lipinski definition) is 1. The van der Waals surface area contributed by atoms with E-state index < -0.39 is 0 Å². The summed E-state index contributed by atoms with van der Waals surface area (Å²) >= 11 is 0. The zero-order valence-electron chi connectivity index (χ0n) is 12.8. The lowest BCUT2D eigenvalue weighted by molar-refractivity contribution is -0.135. The topological polar surface area (TPSA) is 75.3 Å². The molecular weight excluding hydrogens is 282 g/mol. The standard InChI is InChI=1S/C16H19N3O3/c1-16(2)9-22-10-19(16)14(20)8-7-13-15(21)18-12-6-4-3-5-11(12)17-13/h3-6H,7-10H2,1-2H3,(H,18,21). The van der Waals surface area contributed by atoms with Crippen LogP contribution in [0.5, 0.6) is 0 Å². The molecule has 1 aliphatic heterocycles. The first kappa shape index (κ1) is 14.7. The van der Waals surface area contributed by atoms with Gasteiger partial charge in [-0.05, 0) is 26.0 Å². The molecule has 0 spiro atoms. The van der Waals surface area contributed by atoms with Crippen LogP contribution < -0.4 is 5.56 Å². The van der Waals surface area contributed by atoms with Gasteiger partial charge in [0.1, 0.15) is 12.4 Å². The molecule has 1 fully saturated rings. The first-order valence-corrected chi connectivity index (χ1v) is 7.33. The van der Waals surface area contributed by atoms with E-state index in [9.17, 15) is 9.59 Å². The second-order valence-electron chi connectivity index (χ2n) is 6.14. The number of fused-ring (bicyclic) bond motifs is 1. The molecule has 3 rings (SSSR count). The highest BCUT2D eigenvalue weighted by Gasteiger charge is 2.36. The van der Waals surface area contributed by atoms with Gasteiger partial charge in [-0.1, -0.05) is 12.1 Å². The molecule has 0 bridgehead atoms. The number of hydrogen-bond acceptors (Lipinski definition) is 4. The van der Waals surface area contributed by atoms with Gasteiger partial charge in [0.05, 0.1) is 23.2 Å². The number of nitrogens with one attached hydrogen (secondary N) is 1. The van der Waals surface area contributed by atoms with Crippen LogP contribution in [0.3, 0.4) is 0 Å². The van der Waals surface area contributed by atoms with Crippen LogP contribution in [0.25, 0.3) is 11.0 Å². The zero-order valence-corrected chi connectivity index (χ0v) is 12.8. The number of aromatic amines is 1. The van der Waals surface area contributed by atoms with Crippen LogP contribution in [0.15, 0.2) is 29.1 Å². The molecule has 1 saturated heterocycles. The van der Waals surface area contributed by atoms with E-state index in [1.54, 1.807) is 4.90 Å². The molecule has 0 radical (unpaired) electrons. The van der Waals surface area contributed by atoms with E-state index >= 15 is 0 Å². The smallest absolute Gasteiger partial charge is 0.270 e. The summed E-state index contributed by atoms with van der Waals surface area (Å²) in [5.74, 6) is -0.0168. The van der Waals surface area contributed by atoms with Crippen molar-refractivity contribution < 1.29 is 9.53 Å². The monoisotopic (exact) mass is 301 g/mol. The van der Waals surface area contributed by atoms with Crippen LogP contribution in [-0.4, -0.2) is 39.7 Å². The summed E-state index contributed by atoms with van der Waals surface area (Å²) in [7, 11) is 0. The molecule has 0 unspecified atom stereocenters. The molecule has 0 saturated carbocycles.